The van der Waals surface area contributed by atoms with Crippen molar-refractivity contribution in [3.63, 3.8) is 0 Å². The summed E-state index contributed by atoms with van der Waals surface area (Å²) in [6.07, 6.45) is 4.24. The zero-order valence-electron chi connectivity index (χ0n) is 14.6. The zero-order valence-corrected chi connectivity index (χ0v) is 15.4. The second kappa shape index (κ2) is 6.78. The van der Waals surface area contributed by atoms with E-state index in [4.69, 9.17) is 0 Å². The maximum absolute atomic E-state index is 9.41. The number of aromatic nitrogens is 6. The fourth-order valence-electron chi connectivity index (χ4n) is 2.86. The fraction of sp³-hybridized carbons (Fsp3) is 0.0526. The number of hydrogen-bond acceptors (Lipinski definition) is 7. The Morgan fingerprint density at radius 1 is 1.00 bits per heavy atom. The van der Waals surface area contributed by atoms with E-state index in [1.807, 2.05) is 53.3 Å². The minimum absolute atomic E-state index is 0.244. The van der Waals surface area contributed by atoms with Crippen LogP contribution in [0, 0.1) is 0 Å². The number of anilines is 2. The van der Waals surface area contributed by atoms with Gasteiger partial charge in [-0.1, -0.05) is 23.5 Å². The van der Waals surface area contributed by atoms with E-state index in [2.05, 4.69) is 25.7 Å². The highest BCUT2D eigenvalue weighted by molar-refractivity contribution is 7.20. The Morgan fingerprint density at radius 3 is 2.57 bits per heavy atom. The van der Waals surface area contributed by atoms with E-state index < -0.39 is 0 Å². The van der Waals surface area contributed by atoms with Crippen LogP contribution in [0.3, 0.4) is 0 Å². The van der Waals surface area contributed by atoms with Gasteiger partial charge in [-0.25, -0.2) is 4.68 Å². The van der Waals surface area contributed by atoms with Gasteiger partial charge in [0, 0.05) is 24.5 Å². The van der Waals surface area contributed by atoms with Crippen LogP contribution in [0.15, 0.2) is 67.0 Å². The Labute approximate surface area is 163 Å². The smallest absolute Gasteiger partial charge is 0.236 e. The molecule has 8 nitrogen and oxygen atoms in total. The van der Waals surface area contributed by atoms with Crippen molar-refractivity contribution in [1.29, 1.82) is 0 Å². The van der Waals surface area contributed by atoms with E-state index in [1.165, 1.54) is 11.3 Å². The SMILES string of the molecule is Oc1ccc(Cc2nnc3sc(Nc4ccc(-n5cccn5)cc4)nn23)cc1. The predicted octanol–water partition coefficient (Wildman–Crippen LogP) is 3.41. The summed E-state index contributed by atoms with van der Waals surface area (Å²) < 4.78 is 3.56. The van der Waals surface area contributed by atoms with Crippen LogP contribution in [0.2, 0.25) is 0 Å². The molecule has 5 aromatic rings. The molecule has 0 unspecified atom stereocenters. The van der Waals surface area contributed by atoms with E-state index in [0.29, 0.717) is 6.42 Å². The highest BCUT2D eigenvalue weighted by atomic mass is 32.1. The summed E-state index contributed by atoms with van der Waals surface area (Å²) in [4.78, 5) is 0.726. The third-order valence-corrected chi connectivity index (χ3v) is 5.06. The fourth-order valence-corrected chi connectivity index (χ4v) is 3.64. The van der Waals surface area contributed by atoms with Gasteiger partial charge in [-0.15, -0.1) is 15.3 Å². The molecule has 0 saturated carbocycles. The van der Waals surface area contributed by atoms with E-state index in [9.17, 15) is 5.11 Å². The number of nitrogens with zero attached hydrogens (tertiary/aromatic N) is 6. The van der Waals surface area contributed by atoms with Gasteiger partial charge in [-0.2, -0.15) is 9.61 Å². The number of hydrogen-bond donors (Lipinski definition) is 2. The minimum atomic E-state index is 0.244. The molecule has 138 valence electrons. The quantitative estimate of drug-likeness (QED) is 0.478. The second-order valence-electron chi connectivity index (χ2n) is 6.18. The molecule has 2 aromatic carbocycles. The summed E-state index contributed by atoms with van der Waals surface area (Å²) in [6.45, 7) is 0. The first-order valence-electron chi connectivity index (χ1n) is 8.61. The molecule has 0 aliphatic heterocycles. The first-order chi connectivity index (χ1) is 13.7. The van der Waals surface area contributed by atoms with Crippen molar-refractivity contribution in [2.75, 3.05) is 5.32 Å². The first kappa shape index (κ1) is 16.5. The third-order valence-electron chi connectivity index (χ3n) is 4.24. The molecule has 0 fully saturated rings. The van der Waals surface area contributed by atoms with Crippen LogP contribution in [0.5, 0.6) is 5.75 Å². The molecule has 0 saturated heterocycles. The lowest BCUT2D eigenvalue weighted by atomic mass is 10.1. The van der Waals surface area contributed by atoms with Crippen molar-refractivity contribution in [1.82, 2.24) is 29.6 Å². The molecule has 0 atom stereocenters. The number of fused-ring (bicyclic) bond motifs is 1. The van der Waals surface area contributed by atoms with E-state index >= 15 is 0 Å². The van der Waals surface area contributed by atoms with Crippen molar-refractivity contribution < 1.29 is 5.11 Å². The van der Waals surface area contributed by atoms with Crippen molar-refractivity contribution in [3.05, 3.63) is 78.4 Å². The Morgan fingerprint density at radius 2 is 1.82 bits per heavy atom. The highest BCUT2D eigenvalue weighted by Gasteiger charge is 2.12. The van der Waals surface area contributed by atoms with Crippen LogP contribution >= 0.6 is 11.3 Å². The highest BCUT2D eigenvalue weighted by Crippen LogP contribution is 2.24. The summed E-state index contributed by atoms with van der Waals surface area (Å²) in [5, 5.41) is 30.7. The average molecular weight is 389 g/mol. The molecule has 0 aliphatic rings. The molecule has 0 radical (unpaired) electrons. The average Bonchev–Trinajstić information content (AvgIpc) is 3.43. The van der Waals surface area contributed by atoms with Gasteiger partial charge in [0.15, 0.2) is 5.82 Å². The van der Waals surface area contributed by atoms with Crippen LogP contribution in [-0.2, 0) is 6.42 Å². The van der Waals surface area contributed by atoms with E-state index in [0.717, 1.165) is 32.9 Å². The molecule has 3 heterocycles. The Balaban J connectivity index is 1.35. The summed E-state index contributed by atoms with van der Waals surface area (Å²) in [5.74, 6) is 0.993. The van der Waals surface area contributed by atoms with Gasteiger partial charge in [-0.05, 0) is 48.0 Å². The number of aromatic hydroxyl groups is 1. The van der Waals surface area contributed by atoms with Crippen LogP contribution in [0.1, 0.15) is 11.4 Å². The Kier molecular flexibility index (Phi) is 3.99. The Bertz CT molecular complexity index is 1210. The van der Waals surface area contributed by atoms with Crippen molar-refractivity contribution in [2.24, 2.45) is 0 Å². The van der Waals surface area contributed by atoms with Gasteiger partial charge < -0.3 is 10.4 Å². The van der Waals surface area contributed by atoms with Gasteiger partial charge in [0.25, 0.3) is 0 Å². The van der Waals surface area contributed by atoms with Crippen molar-refractivity contribution in [2.45, 2.75) is 6.42 Å². The maximum atomic E-state index is 9.41. The van der Waals surface area contributed by atoms with Crippen LogP contribution < -0.4 is 5.32 Å². The molecule has 3 aromatic heterocycles. The Hall–Kier alpha value is -3.72. The van der Waals surface area contributed by atoms with Gasteiger partial charge in [0.05, 0.1) is 5.69 Å². The maximum Gasteiger partial charge on any atom is 0.236 e. The molecular weight excluding hydrogens is 374 g/mol. The van der Waals surface area contributed by atoms with Gasteiger partial charge in [-0.3, -0.25) is 0 Å². The topological polar surface area (TPSA) is 93.2 Å². The molecule has 5 rings (SSSR count). The molecule has 2 N–H and O–H groups in total. The number of nitrogens with one attached hydrogen (secondary N) is 1. The second-order valence-corrected chi connectivity index (χ2v) is 7.14. The first-order valence-corrected chi connectivity index (χ1v) is 9.42. The number of phenolic OH excluding ortho intramolecular Hbond substituents is 1. The molecule has 0 aliphatic carbocycles. The molecule has 0 bridgehead atoms. The van der Waals surface area contributed by atoms with Crippen molar-refractivity contribution in [3.8, 4) is 11.4 Å². The lowest BCUT2D eigenvalue weighted by Gasteiger charge is -2.04. The number of benzene rings is 2. The monoisotopic (exact) mass is 389 g/mol. The standard InChI is InChI=1S/C19H15N7OS/c27-16-8-2-13(3-9-16)12-17-22-23-19-26(17)24-18(28-19)21-14-4-6-15(7-5-14)25-11-1-10-20-25/h1-11,27H,12H2,(H,21,24). The largest absolute Gasteiger partial charge is 0.508 e. The summed E-state index contributed by atoms with van der Waals surface area (Å²) in [5.41, 5.74) is 2.95. The zero-order chi connectivity index (χ0) is 18.9. The van der Waals surface area contributed by atoms with Gasteiger partial charge in [0.2, 0.25) is 10.1 Å². The lowest BCUT2D eigenvalue weighted by molar-refractivity contribution is 0.475. The van der Waals surface area contributed by atoms with E-state index in [-0.39, 0.29) is 5.75 Å². The van der Waals surface area contributed by atoms with Crippen LogP contribution in [0.4, 0.5) is 10.8 Å². The van der Waals surface area contributed by atoms with Gasteiger partial charge in [0.1, 0.15) is 5.75 Å². The normalized spacial score (nSPS) is 11.1. The summed E-state index contributed by atoms with van der Waals surface area (Å²) >= 11 is 1.44. The molecule has 28 heavy (non-hydrogen) atoms. The number of phenols is 1. The molecule has 0 amide bonds. The summed E-state index contributed by atoms with van der Waals surface area (Å²) in [7, 11) is 0. The molecular formula is C19H15N7OS. The van der Waals surface area contributed by atoms with E-state index in [1.54, 1.807) is 22.8 Å². The number of rotatable bonds is 5. The molecule has 0 spiro atoms. The lowest BCUT2D eigenvalue weighted by Crippen LogP contribution is -1.99. The third kappa shape index (κ3) is 3.19. The van der Waals surface area contributed by atoms with Crippen LogP contribution in [-0.4, -0.2) is 34.7 Å². The van der Waals surface area contributed by atoms with Crippen LogP contribution in [0.25, 0.3) is 10.6 Å². The predicted molar refractivity (Wildman–Crippen MR) is 106 cm³/mol. The van der Waals surface area contributed by atoms with Crippen molar-refractivity contribution >= 4 is 27.1 Å². The minimum Gasteiger partial charge on any atom is -0.508 e. The molecule has 9 heteroatoms. The van der Waals surface area contributed by atoms with Gasteiger partial charge >= 0.3 is 0 Å². The summed E-state index contributed by atoms with van der Waals surface area (Å²) in [6, 6.07) is 16.9.